The molecule has 7 nitrogen and oxygen atoms in total. The summed E-state index contributed by atoms with van der Waals surface area (Å²) in [4.78, 5) is 40.1. The first-order chi connectivity index (χ1) is 15.8. The van der Waals surface area contributed by atoms with Gasteiger partial charge in [0.05, 0.1) is 19.1 Å². The number of hydrogen-bond donors (Lipinski definition) is 2. The van der Waals surface area contributed by atoms with E-state index in [9.17, 15) is 14.4 Å². The van der Waals surface area contributed by atoms with Gasteiger partial charge < -0.3 is 20.3 Å². The zero-order valence-corrected chi connectivity index (χ0v) is 19.8. The average molecular weight is 452 g/mol. The molecule has 2 aromatic rings. The summed E-state index contributed by atoms with van der Waals surface area (Å²) in [6.45, 7) is 6.50. The third-order valence-electron chi connectivity index (χ3n) is 5.81. The van der Waals surface area contributed by atoms with Crippen molar-refractivity contribution in [2.24, 2.45) is 5.92 Å². The highest BCUT2D eigenvalue weighted by atomic mass is 16.5. The summed E-state index contributed by atoms with van der Waals surface area (Å²) in [6.07, 6.45) is 2.01. The van der Waals surface area contributed by atoms with Crippen LogP contribution < -0.4 is 15.4 Å². The van der Waals surface area contributed by atoms with E-state index >= 15 is 0 Å². The Hall–Kier alpha value is -3.35. The summed E-state index contributed by atoms with van der Waals surface area (Å²) in [7, 11) is 1.61. The fraction of sp³-hybridized carbons (Fsp3) is 0.423. The van der Waals surface area contributed by atoms with E-state index in [2.05, 4.69) is 17.6 Å². The smallest absolute Gasteiger partial charge is 0.251 e. The summed E-state index contributed by atoms with van der Waals surface area (Å²) in [6, 6.07) is 14.0. The molecule has 1 saturated heterocycles. The van der Waals surface area contributed by atoms with Gasteiger partial charge in [-0.25, -0.2) is 0 Å². The van der Waals surface area contributed by atoms with Gasteiger partial charge in [-0.1, -0.05) is 25.5 Å². The first-order valence-corrected chi connectivity index (χ1v) is 11.5. The number of nitrogens with one attached hydrogen (secondary N) is 2. The number of benzene rings is 2. The molecule has 2 atom stereocenters. The maximum absolute atomic E-state index is 13.3. The molecule has 7 heteroatoms. The summed E-state index contributed by atoms with van der Waals surface area (Å²) in [5, 5.41) is 5.78. The lowest BCUT2D eigenvalue weighted by Crippen LogP contribution is -2.33. The molecule has 3 amide bonds. The van der Waals surface area contributed by atoms with E-state index in [0.717, 1.165) is 24.2 Å². The number of ether oxygens (including phenoxy) is 1. The van der Waals surface area contributed by atoms with Gasteiger partial charge >= 0.3 is 0 Å². The molecule has 176 valence electrons. The molecule has 1 aliphatic rings. The SMILES string of the molecule is CCCCN1C(=O)CC(C(=O)Nc2ccc(C(=O)NC(C)C)cc2)C1c1ccc(OC)cc1. The molecule has 1 heterocycles. The molecular formula is C26H33N3O4. The minimum absolute atomic E-state index is 0.00915. The number of carbonyl (C=O) groups excluding carboxylic acids is 3. The maximum Gasteiger partial charge on any atom is 0.251 e. The minimum atomic E-state index is -0.508. The topological polar surface area (TPSA) is 87.7 Å². The second-order valence-corrected chi connectivity index (χ2v) is 8.66. The third kappa shape index (κ3) is 5.92. The third-order valence-corrected chi connectivity index (χ3v) is 5.81. The zero-order chi connectivity index (χ0) is 24.0. The van der Waals surface area contributed by atoms with Crippen LogP contribution in [0, 0.1) is 5.92 Å². The Bertz CT molecular complexity index is 970. The maximum atomic E-state index is 13.3. The van der Waals surface area contributed by atoms with Crippen molar-refractivity contribution >= 4 is 23.4 Å². The molecule has 0 aromatic heterocycles. The molecule has 1 aliphatic heterocycles. The summed E-state index contributed by atoms with van der Waals surface area (Å²) >= 11 is 0. The Labute approximate surface area is 195 Å². The second-order valence-electron chi connectivity index (χ2n) is 8.66. The molecule has 0 bridgehead atoms. The van der Waals surface area contributed by atoms with E-state index in [0.29, 0.717) is 17.8 Å². The first-order valence-electron chi connectivity index (χ1n) is 11.5. The van der Waals surface area contributed by atoms with Gasteiger partial charge in [-0.2, -0.15) is 0 Å². The lowest BCUT2D eigenvalue weighted by molar-refractivity contribution is -0.129. The van der Waals surface area contributed by atoms with Crippen LogP contribution in [-0.2, 0) is 9.59 Å². The fourth-order valence-corrected chi connectivity index (χ4v) is 4.12. The van der Waals surface area contributed by atoms with Gasteiger partial charge in [0.1, 0.15) is 5.75 Å². The summed E-state index contributed by atoms with van der Waals surface area (Å²) < 4.78 is 5.26. The largest absolute Gasteiger partial charge is 0.497 e. The Morgan fingerprint density at radius 1 is 1.09 bits per heavy atom. The van der Waals surface area contributed by atoms with Crippen molar-refractivity contribution in [2.45, 2.75) is 52.1 Å². The Morgan fingerprint density at radius 3 is 2.33 bits per heavy atom. The number of unbranched alkanes of at least 4 members (excludes halogenated alkanes) is 1. The summed E-state index contributed by atoms with van der Waals surface area (Å²) in [5.74, 6) is -0.152. The lowest BCUT2D eigenvalue weighted by atomic mass is 9.92. The molecule has 0 saturated carbocycles. The van der Waals surface area contributed by atoms with E-state index < -0.39 is 5.92 Å². The van der Waals surface area contributed by atoms with Crippen molar-refractivity contribution in [1.82, 2.24) is 10.2 Å². The van der Waals surface area contributed by atoms with Crippen LogP contribution in [0.25, 0.3) is 0 Å². The average Bonchev–Trinajstić information content (AvgIpc) is 3.13. The van der Waals surface area contributed by atoms with Gasteiger partial charge in [-0.05, 0) is 62.2 Å². The Morgan fingerprint density at radius 2 is 1.76 bits per heavy atom. The van der Waals surface area contributed by atoms with Crippen LogP contribution in [0.1, 0.15) is 62.0 Å². The molecule has 3 rings (SSSR count). The van der Waals surface area contributed by atoms with E-state index in [1.807, 2.05) is 43.0 Å². The Balaban J connectivity index is 1.79. The number of anilines is 1. The van der Waals surface area contributed by atoms with Crippen LogP contribution in [-0.4, -0.2) is 42.3 Å². The van der Waals surface area contributed by atoms with Gasteiger partial charge in [0, 0.05) is 30.3 Å². The van der Waals surface area contributed by atoms with Gasteiger partial charge in [0.15, 0.2) is 0 Å². The monoisotopic (exact) mass is 451 g/mol. The quantitative estimate of drug-likeness (QED) is 0.599. The van der Waals surface area contributed by atoms with Crippen molar-refractivity contribution in [2.75, 3.05) is 19.0 Å². The predicted molar refractivity (Wildman–Crippen MR) is 128 cm³/mol. The number of carbonyl (C=O) groups is 3. The first kappa shape index (κ1) is 24.3. The van der Waals surface area contributed by atoms with Gasteiger partial charge in [0.2, 0.25) is 11.8 Å². The van der Waals surface area contributed by atoms with Crippen molar-refractivity contribution in [1.29, 1.82) is 0 Å². The number of methoxy groups -OCH3 is 1. The van der Waals surface area contributed by atoms with Crippen molar-refractivity contribution in [3.8, 4) is 5.75 Å². The molecule has 33 heavy (non-hydrogen) atoms. The van der Waals surface area contributed by atoms with Crippen LogP contribution in [0.3, 0.4) is 0 Å². The molecule has 2 N–H and O–H groups in total. The molecule has 2 unspecified atom stereocenters. The van der Waals surface area contributed by atoms with Crippen LogP contribution in [0.15, 0.2) is 48.5 Å². The van der Waals surface area contributed by atoms with Crippen LogP contribution in [0.2, 0.25) is 0 Å². The second kappa shape index (κ2) is 11.0. The van der Waals surface area contributed by atoms with E-state index in [4.69, 9.17) is 4.74 Å². The molecule has 0 aliphatic carbocycles. The van der Waals surface area contributed by atoms with Crippen molar-refractivity contribution in [3.63, 3.8) is 0 Å². The molecule has 0 radical (unpaired) electrons. The molecule has 2 aromatic carbocycles. The number of nitrogens with zero attached hydrogens (tertiary/aromatic N) is 1. The van der Waals surface area contributed by atoms with Crippen LogP contribution >= 0.6 is 0 Å². The van der Waals surface area contributed by atoms with Gasteiger partial charge in [0.25, 0.3) is 5.91 Å². The highest BCUT2D eigenvalue weighted by molar-refractivity contribution is 5.99. The van der Waals surface area contributed by atoms with Crippen LogP contribution in [0.4, 0.5) is 5.69 Å². The normalized spacial score (nSPS) is 17.8. The fourth-order valence-electron chi connectivity index (χ4n) is 4.12. The highest BCUT2D eigenvalue weighted by Crippen LogP contribution is 2.39. The molecule has 1 fully saturated rings. The van der Waals surface area contributed by atoms with Crippen LogP contribution in [0.5, 0.6) is 5.75 Å². The standard InChI is InChI=1S/C26H33N3O4/c1-5-6-15-29-23(30)16-22(24(29)18-9-13-21(33-4)14-10-18)26(32)28-20-11-7-19(8-12-20)25(31)27-17(2)3/h7-14,17,22,24H,5-6,15-16H2,1-4H3,(H,27,31)(H,28,32). The highest BCUT2D eigenvalue weighted by Gasteiger charge is 2.44. The Kier molecular flexibility index (Phi) is 8.09. The van der Waals surface area contributed by atoms with Gasteiger partial charge in [-0.3, -0.25) is 14.4 Å². The van der Waals surface area contributed by atoms with E-state index in [1.165, 1.54) is 0 Å². The van der Waals surface area contributed by atoms with E-state index in [-0.39, 0.29) is 36.2 Å². The number of likely N-dealkylation sites (tertiary alicyclic amines) is 1. The summed E-state index contributed by atoms with van der Waals surface area (Å²) in [5.41, 5.74) is 2.03. The van der Waals surface area contributed by atoms with Crippen molar-refractivity contribution < 1.29 is 19.1 Å². The number of rotatable bonds is 9. The number of amides is 3. The zero-order valence-electron chi connectivity index (χ0n) is 19.8. The molecular weight excluding hydrogens is 418 g/mol. The molecule has 0 spiro atoms. The van der Waals surface area contributed by atoms with Gasteiger partial charge in [-0.15, -0.1) is 0 Å². The predicted octanol–water partition coefficient (Wildman–Crippen LogP) is 4.16. The van der Waals surface area contributed by atoms with Crippen molar-refractivity contribution in [3.05, 3.63) is 59.7 Å². The minimum Gasteiger partial charge on any atom is -0.497 e. The van der Waals surface area contributed by atoms with E-state index in [1.54, 1.807) is 31.4 Å². The number of hydrogen-bond acceptors (Lipinski definition) is 4. The lowest BCUT2D eigenvalue weighted by Gasteiger charge is -2.28.